The molecule has 1 aromatic heterocycles. The van der Waals surface area contributed by atoms with E-state index in [1.54, 1.807) is 0 Å². The Labute approximate surface area is 275 Å². The predicted octanol–water partition coefficient (Wildman–Crippen LogP) is 5.90. The number of carbonyl (C=O) groups is 2. The number of quaternary nitrogens is 1. The summed E-state index contributed by atoms with van der Waals surface area (Å²) >= 11 is 9.06. The van der Waals surface area contributed by atoms with E-state index < -0.39 is 0 Å². The van der Waals surface area contributed by atoms with Crippen LogP contribution in [0.3, 0.4) is 0 Å². The highest BCUT2D eigenvalue weighted by Crippen LogP contribution is 2.24. The number of aliphatic imine (C=N–C) groups is 1. The number of likely N-dealkylation sites (N-methyl/N-ethyl adjacent to an activating group) is 1. The van der Waals surface area contributed by atoms with E-state index in [0.717, 1.165) is 36.3 Å². The lowest BCUT2D eigenvalue weighted by Crippen LogP contribution is -3.11. The molecule has 234 valence electrons. The summed E-state index contributed by atoms with van der Waals surface area (Å²) in [4.78, 5) is 35.8. The van der Waals surface area contributed by atoms with Crippen molar-refractivity contribution in [3.05, 3.63) is 92.6 Å². The summed E-state index contributed by atoms with van der Waals surface area (Å²) in [5.41, 5.74) is 4.95. The van der Waals surface area contributed by atoms with Crippen LogP contribution in [0.25, 0.3) is 0 Å². The number of nitrogens with zero attached hydrogens (tertiary/aromatic N) is 4. The van der Waals surface area contributed by atoms with Gasteiger partial charge in [0.15, 0.2) is 12.3 Å². The molecule has 2 aromatic carbocycles. The van der Waals surface area contributed by atoms with E-state index in [0.29, 0.717) is 57.8 Å². The number of aryl methyl sites for hydroxylation is 1. The Morgan fingerprint density at radius 2 is 1.70 bits per heavy atom. The molecular formula is C34H43ClN5O2S2+. The van der Waals surface area contributed by atoms with E-state index >= 15 is 0 Å². The Morgan fingerprint density at radius 3 is 2.34 bits per heavy atom. The third-order valence-electron chi connectivity index (χ3n) is 7.73. The van der Waals surface area contributed by atoms with Crippen molar-refractivity contribution in [3.8, 4) is 0 Å². The van der Waals surface area contributed by atoms with E-state index in [1.165, 1.54) is 28.7 Å². The lowest BCUT2D eigenvalue weighted by atomic mass is 10.0. The molecule has 1 aliphatic rings. The molecule has 2 heterocycles. The third-order valence-corrected chi connectivity index (χ3v) is 9.95. The first-order chi connectivity index (χ1) is 21.2. The molecule has 0 saturated carbocycles. The van der Waals surface area contributed by atoms with Gasteiger partial charge in [-0.1, -0.05) is 99.0 Å². The van der Waals surface area contributed by atoms with Gasteiger partial charge in [0.1, 0.15) is 0 Å². The summed E-state index contributed by atoms with van der Waals surface area (Å²) in [6.45, 7) is 12.5. The van der Waals surface area contributed by atoms with Crippen molar-refractivity contribution in [2.45, 2.75) is 58.8 Å². The lowest BCUT2D eigenvalue weighted by Gasteiger charge is -2.27. The van der Waals surface area contributed by atoms with Crippen molar-refractivity contribution >= 4 is 57.4 Å². The molecule has 44 heavy (non-hydrogen) atoms. The van der Waals surface area contributed by atoms with Crippen LogP contribution in [0, 0.1) is 0 Å². The highest BCUT2D eigenvalue weighted by atomic mass is 35.5. The predicted molar refractivity (Wildman–Crippen MR) is 185 cm³/mol. The molecule has 0 radical (unpaired) electrons. The first-order valence-electron chi connectivity index (χ1n) is 15.3. The first-order valence-corrected chi connectivity index (χ1v) is 17.5. The summed E-state index contributed by atoms with van der Waals surface area (Å²) in [5, 5.41) is 7.89. The van der Waals surface area contributed by atoms with Gasteiger partial charge < -0.3 is 9.80 Å². The van der Waals surface area contributed by atoms with E-state index in [2.05, 4.69) is 61.9 Å². The lowest BCUT2D eigenvalue weighted by molar-refractivity contribution is -0.800. The molecule has 3 aromatic rings. The minimum absolute atomic E-state index is 0.0209. The Kier molecular flexibility index (Phi) is 13.2. The van der Waals surface area contributed by atoms with Gasteiger partial charge in [-0.25, -0.2) is 0 Å². The molecule has 7 nitrogen and oxygen atoms in total. The van der Waals surface area contributed by atoms with Crippen LogP contribution in [0.1, 0.15) is 62.3 Å². The van der Waals surface area contributed by atoms with E-state index in [1.807, 2.05) is 46.7 Å². The summed E-state index contributed by atoms with van der Waals surface area (Å²) < 4.78 is 0.716. The SMILES string of the molecule is CCN(CC)CCN(Cc1ccc(C(C)C)cc1)C(=O)C[NH+]1N=C(CCc2ccccc2)C(=O)N=C1SCc1csc(Cl)c1. The number of amidine groups is 1. The van der Waals surface area contributed by atoms with Gasteiger partial charge in [-0.2, -0.15) is 0 Å². The number of halogens is 1. The Bertz CT molecular complexity index is 1440. The fraction of sp³-hybridized carbons (Fsp3) is 0.412. The number of thioether (sulfide) groups is 1. The second-order valence-electron chi connectivity index (χ2n) is 11.2. The van der Waals surface area contributed by atoms with Gasteiger partial charge in [0.05, 0.1) is 4.34 Å². The number of carbonyl (C=O) groups excluding carboxylic acids is 2. The maximum absolute atomic E-state index is 14.0. The number of rotatable bonds is 15. The van der Waals surface area contributed by atoms with Crippen molar-refractivity contribution in [3.63, 3.8) is 0 Å². The Balaban J connectivity index is 1.54. The molecule has 1 atom stereocenters. The van der Waals surface area contributed by atoms with Crippen LogP contribution in [0.5, 0.6) is 0 Å². The van der Waals surface area contributed by atoms with Gasteiger partial charge in [-0.15, -0.1) is 21.3 Å². The number of hydrogen-bond donors (Lipinski definition) is 1. The molecule has 4 rings (SSSR count). The molecule has 1 aliphatic heterocycles. The second kappa shape index (κ2) is 17.0. The van der Waals surface area contributed by atoms with E-state index in [-0.39, 0.29) is 18.4 Å². The average molecular weight is 653 g/mol. The van der Waals surface area contributed by atoms with Crippen molar-refractivity contribution in [2.75, 3.05) is 32.7 Å². The van der Waals surface area contributed by atoms with Crippen LogP contribution in [0.4, 0.5) is 0 Å². The normalized spacial score (nSPS) is 15.1. The van der Waals surface area contributed by atoms with Crippen molar-refractivity contribution in [1.82, 2.24) is 9.80 Å². The molecule has 1 unspecified atom stereocenters. The van der Waals surface area contributed by atoms with Gasteiger partial charge in [0.2, 0.25) is 0 Å². The Morgan fingerprint density at radius 1 is 0.977 bits per heavy atom. The molecule has 0 aliphatic carbocycles. The fourth-order valence-electron chi connectivity index (χ4n) is 4.93. The fourth-order valence-corrected chi connectivity index (χ4v) is 6.85. The summed E-state index contributed by atoms with van der Waals surface area (Å²) in [6, 6.07) is 20.5. The van der Waals surface area contributed by atoms with Gasteiger partial charge >= 0.3 is 5.91 Å². The maximum atomic E-state index is 14.0. The zero-order valence-corrected chi connectivity index (χ0v) is 28.5. The molecule has 0 fully saturated rings. The number of thiophene rings is 1. The number of nitrogens with one attached hydrogen (secondary N) is 1. The second-order valence-corrected chi connectivity index (χ2v) is 13.7. The van der Waals surface area contributed by atoms with Crippen molar-refractivity contribution < 1.29 is 14.6 Å². The number of hydrogen-bond acceptors (Lipinski definition) is 6. The molecule has 2 amide bonds. The molecule has 0 spiro atoms. The minimum atomic E-state index is -0.327. The maximum Gasteiger partial charge on any atom is 0.302 e. The smallest absolute Gasteiger partial charge is 0.302 e. The Hall–Kier alpha value is -2.82. The van der Waals surface area contributed by atoms with Gasteiger partial charge in [0.25, 0.3) is 11.1 Å². The molecule has 1 N–H and O–H groups in total. The first kappa shape index (κ1) is 34.1. The summed E-state index contributed by atoms with van der Waals surface area (Å²) in [6.07, 6.45) is 1.15. The summed E-state index contributed by atoms with van der Waals surface area (Å²) in [5.74, 6) is 0.693. The zero-order chi connectivity index (χ0) is 31.5. The van der Waals surface area contributed by atoms with Gasteiger partial charge in [-0.05, 0) is 70.9 Å². The van der Waals surface area contributed by atoms with Crippen LogP contribution in [-0.2, 0) is 28.3 Å². The number of benzene rings is 2. The molecule has 0 bridgehead atoms. The molecular weight excluding hydrogens is 610 g/mol. The summed E-state index contributed by atoms with van der Waals surface area (Å²) in [7, 11) is 0. The van der Waals surface area contributed by atoms with E-state index in [9.17, 15) is 9.59 Å². The van der Waals surface area contributed by atoms with Crippen LogP contribution in [0.15, 0.2) is 76.1 Å². The topological polar surface area (TPSA) is 69.8 Å². The third kappa shape index (κ3) is 10.1. The van der Waals surface area contributed by atoms with Crippen LogP contribution in [0.2, 0.25) is 4.34 Å². The monoisotopic (exact) mass is 652 g/mol. The zero-order valence-electron chi connectivity index (χ0n) is 26.1. The number of amides is 2. The van der Waals surface area contributed by atoms with Crippen molar-refractivity contribution in [2.24, 2.45) is 10.1 Å². The van der Waals surface area contributed by atoms with Crippen molar-refractivity contribution in [1.29, 1.82) is 0 Å². The standard InChI is InChI=1S/C34H42ClN5O2S2/c1-5-38(6-2)18-19-39(21-27-12-15-29(16-13-27)25(3)4)32(41)22-40-34(44-24-28-20-31(35)43-23-28)36-33(42)30(37-40)17-14-26-10-8-7-9-11-26/h7-13,15-16,20,23,25H,5-6,14,17-19,21-22,24H2,1-4H3/p+1. The highest BCUT2D eigenvalue weighted by Gasteiger charge is 2.32. The molecule has 10 heteroatoms. The quantitative estimate of drug-likeness (QED) is 0.222. The van der Waals surface area contributed by atoms with Crippen LogP contribution < -0.4 is 5.01 Å². The highest BCUT2D eigenvalue weighted by molar-refractivity contribution is 8.12. The average Bonchev–Trinajstić information content (AvgIpc) is 3.45. The van der Waals surface area contributed by atoms with Gasteiger partial charge in [0, 0.05) is 31.8 Å². The van der Waals surface area contributed by atoms with Crippen LogP contribution >= 0.6 is 34.7 Å². The molecule has 0 saturated heterocycles. The minimum Gasteiger partial charge on any atom is -0.332 e. The largest absolute Gasteiger partial charge is 0.332 e. The van der Waals surface area contributed by atoms with E-state index in [4.69, 9.17) is 16.7 Å². The van der Waals surface area contributed by atoms with Crippen LogP contribution in [-0.4, -0.2) is 65.2 Å². The van der Waals surface area contributed by atoms with Gasteiger partial charge in [-0.3, -0.25) is 9.59 Å².